The molecule has 4 N–H and O–H groups in total. The molecule has 26 heavy (non-hydrogen) atoms. The molecule has 2 amide bonds. The van der Waals surface area contributed by atoms with Crippen LogP contribution in [-0.4, -0.2) is 17.9 Å². The van der Waals surface area contributed by atoms with Crippen molar-refractivity contribution < 1.29 is 14.0 Å². The number of benzene rings is 2. The summed E-state index contributed by atoms with van der Waals surface area (Å²) in [5, 5.41) is 5.13. The average molecular weight is 421 g/mol. The lowest BCUT2D eigenvalue weighted by atomic mass is 10.0. The molecule has 2 aromatic carbocycles. The van der Waals surface area contributed by atoms with E-state index in [1.165, 1.54) is 25.1 Å². The first kappa shape index (κ1) is 18.5. The van der Waals surface area contributed by atoms with Gasteiger partial charge in [0.2, 0.25) is 11.8 Å². The molecule has 0 aliphatic carbocycles. The number of carbonyl (C=O) groups excluding carboxylic acids is 2. The van der Waals surface area contributed by atoms with Crippen molar-refractivity contribution in [3.63, 3.8) is 0 Å². The summed E-state index contributed by atoms with van der Waals surface area (Å²) in [7, 11) is 0. The Labute approximate surface area is 158 Å². The standard InChI is InChI=1S/C18H18BrFN4O2/c1-10(25)21-13-6-7-14(20)16(8-13)22-18(26)17-9-15(23-24-17)11-2-4-12(19)5-3-11/h2-8,15,17,23-24H,9H2,1H3,(H,21,25)(H,22,26). The highest BCUT2D eigenvalue weighted by Crippen LogP contribution is 2.25. The molecule has 1 aliphatic rings. The highest BCUT2D eigenvalue weighted by Gasteiger charge is 2.30. The number of halogens is 2. The SMILES string of the molecule is CC(=O)Nc1ccc(F)c(NC(=O)C2CC(c3ccc(Br)cc3)NN2)c1. The normalized spacial score (nSPS) is 19.2. The molecule has 2 unspecified atom stereocenters. The Morgan fingerprint density at radius 2 is 1.85 bits per heavy atom. The van der Waals surface area contributed by atoms with Crippen LogP contribution in [0.15, 0.2) is 46.9 Å². The zero-order chi connectivity index (χ0) is 18.7. The number of anilines is 2. The van der Waals surface area contributed by atoms with Crippen LogP contribution in [0.5, 0.6) is 0 Å². The molecular weight excluding hydrogens is 403 g/mol. The fourth-order valence-corrected chi connectivity index (χ4v) is 3.03. The number of amides is 2. The number of rotatable bonds is 4. The van der Waals surface area contributed by atoms with E-state index < -0.39 is 11.9 Å². The van der Waals surface area contributed by atoms with Gasteiger partial charge in [-0.15, -0.1) is 0 Å². The van der Waals surface area contributed by atoms with Crippen molar-refractivity contribution >= 4 is 39.1 Å². The van der Waals surface area contributed by atoms with E-state index in [0.29, 0.717) is 12.1 Å². The van der Waals surface area contributed by atoms with Crippen LogP contribution in [-0.2, 0) is 9.59 Å². The van der Waals surface area contributed by atoms with Crippen LogP contribution in [0, 0.1) is 5.82 Å². The Bertz CT molecular complexity index is 828. The van der Waals surface area contributed by atoms with Gasteiger partial charge in [-0.2, -0.15) is 0 Å². The van der Waals surface area contributed by atoms with Gasteiger partial charge in [0, 0.05) is 23.1 Å². The molecule has 6 nitrogen and oxygen atoms in total. The molecule has 0 bridgehead atoms. The zero-order valence-electron chi connectivity index (χ0n) is 14.0. The average Bonchev–Trinajstić information content (AvgIpc) is 3.08. The minimum atomic E-state index is -0.567. The van der Waals surface area contributed by atoms with E-state index in [9.17, 15) is 14.0 Å². The molecule has 136 valence electrons. The third kappa shape index (κ3) is 4.46. The summed E-state index contributed by atoms with van der Waals surface area (Å²) in [6, 6.07) is 11.3. The third-order valence-electron chi connectivity index (χ3n) is 4.04. The van der Waals surface area contributed by atoms with E-state index in [1.807, 2.05) is 24.3 Å². The van der Waals surface area contributed by atoms with E-state index >= 15 is 0 Å². The second-order valence-electron chi connectivity index (χ2n) is 6.05. The van der Waals surface area contributed by atoms with Gasteiger partial charge in [-0.05, 0) is 42.3 Å². The van der Waals surface area contributed by atoms with Gasteiger partial charge in [0.1, 0.15) is 11.9 Å². The summed E-state index contributed by atoms with van der Waals surface area (Å²) in [5.74, 6) is -1.19. The van der Waals surface area contributed by atoms with E-state index in [1.54, 1.807) is 0 Å². The van der Waals surface area contributed by atoms with Gasteiger partial charge >= 0.3 is 0 Å². The van der Waals surface area contributed by atoms with Crippen LogP contribution in [0.2, 0.25) is 0 Å². The van der Waals surface area contributed by atoms with Crippen LogP contribution in [0.1, 0.15) is 24.9 Å². The molecule has 1 heterocycles. The van der Waals surface area contributed by atoms with Crippen molar-refractivity contribution in [2.24, 2.45) is 0 Å². The molecule has 1 saturated heterocycles. The molecule has 8 heteroatoms. The molecular formula is C18H18BrFN4O2. The zero-order valence-corrected chi connectivity index (χ0v) is 15.6. The number of nitrogens with one attached hydrogen (secondary N) is 4. The summed E-state index contributed by atoms with van der Waals surface area (Å²) in [4.78, 5) is 23.6. The predicted molar refractivity (Wildman–Crippen MR) is 101 cm³/mol. The molecule has 0 spiro atoms. The van der Waals surface area contributed by atoms with Gasteiger partial charge in [0.25, 0.3) is 0 Å². The summed E-state index contributed by atoms with van der Waals surface area (Å²) in [5.41, 5.74) is 7.51. The van der Waals surface area contributed by atoms with Crippen molar-refractivity contribution in [3.05, 3.63) is 58.3 Å². The van der Waals surface area contributed by atoms with Crippen LogP contribution < -0.4 is 21.5 Å². The van der Waals surface area contributed by atoms with E-state index in [2.05, 4.69) is 37.4 Å². The Balaban J connectivity index is 1.65. The van der Waals surface area contributed by atoms with Crippen LogP contribution >= 0.6 is 15.9 Å². The van der Waals surface area contributed by atoms with Crippen molar-refractivity contribution in [3.8, 4) is 0 Å². The Kier molecular flexibility index (Phi) is 5.65. The summed E-state index contributed by atoms with van der Waals surface area (Å²) < 4.78 is 14.9. The summed E-state index contributed by atoms with van der Waals surface area (Å²) in [6.45, 7) is 1.36. The minimum Gasteiger partial charge on any atom is -0.326 e. The molecule has 2 aromatic rings. The monoisotopic (exact) mass is 420 g/mol. The second kappa shape index (κ2) is 7.94. The maximum Gasteiger partial charge on any atom is 0.243 e. The van der Waals surface area contributed by atoms with Gasteiger partial charge in [-0.25, -0.2) is 15.2 Å². The van der Waals surface area contributed by atoms with Crippen molar-refractivity contribution in [2.75, 3.05) is 10.6 Å². The van der Waals surface area contributed by atoms with Crippen LogP contribution in [0.25, 0.3) is 0 Å². The first-order valence-corrected chi connectivity index (χ1v) is 8.86. The largest absolute Gasteiger partial charge is 0.326 e. The number of hydrazine groups is 1. The second-order valence-corrected chi connectivity index (χ2v) is 6.96. The van der Waals surface area contributed by atoms with Crippen molar-refractivity contribution in [2.45, 2.75) is 25.4 Å². The van der Waals surface area contributed by atoms with E-state index in [0.717, 1.165) is 10.0 Å². The molecule has 0 radical (unpaired) electrons. The lowest BCUT2D eigenvalue weighted by molar-refractivity contribution is -0.118. The quantitative estimate of drug-likeness (QED) is 0.612. The lowest BCUT2D eigenvalue weighted by Gasteiger charge is -2.13. The molecule has 1 aliphatic heterocycles. The van der Waals surface area contributed by atoms with Crippen LogP contribution in [0.4, 0.5) is 15.8 Å². The first-order valence-electron chi connectivity index (χ1n) is 8.07. The minimum absolute atomic E-state index is 0.0191. The van der Waals surface area contributed by atoms with Gasteiger partial charge in [-0.1, -0.05) is 28.1 Å². The first-order chi connectivity index (χ1) is 12.4. The van der Waals surface area contributed by atoms with Gasteiger partial charge in [0.15, 0.2) is 0 Å². The summed E-state index contributed by atoms with van der Waals surface area (Å²) in [6.07, 6.45) is 0.528. The smallest absolute Gasteiger partial charge is 0.243 e. The van der Waals surface area contributed by atoms with E-state index in [4.69, 9.17) is 0 Å². The summed E-state index contributed by atoms with van der Waals surface area (Å²) >= 11 is 3.39. The van der Waals surface area contributed by atoms with Crippen molar-refractivity contribution in [1.82, 2.24) is 10.9 Å². The predicted octanol–water partition coefficient (Wildman–Crippen LogP) is 3.09. The maximum absolute atomic E-state index is 14.0. The molecule has 0 saturated carbocycles. The molecule has 0 aromatic heterocycles. The van der Waals surface area contributed by atoms with Gasteiger partial charge < -0.3 is 10.6 Å². The Hall–Kier alpha value is -2.29. The fraction of sp³-hybridized carbons (Fsp3) is 0.222. The molecule has 1 fully saturated rings. The molecule has 2 atom stereocenters. The highest BCUT2D eigenvalue weighted by atomic mass is 79.9. The van der Waals surface area contributed by atoms with Crippen LogP contribution in [0.3, 0.4) is 0 Å². The third-order valence-corrected chi connectivity index (χ3v) is 4.57. The number of carbonyl (C=O) groups is 2. The Morgan fingerprint density at radius 1 is 1.12 bits per heavy atom. The topological polar surface area (TPSA) is 82.3 Å². The number of hydrogen-bond donors (Lipinski definition) is 4. The highest BCUT2D eigenvalue weighted by molar-refractivity contribution is 9.10. The number of hydrogen-bond acceptors (Lipinski definition) is 4. The maximum atomic E-state index is 14.0. The molecule has 3 rings (SSSR count). The fourth-order valence-electron chi connectivity index (χ4n) is 2.76. The van der Waals surface area contributed by atoms with Gasteiger partial charge in [0.05, 0.1) is 5.69 Å². The van der Waals surface area contributed by atoms with E-state index in [-0.39, 0.29) is 23.5 Å². The van der Waals surface area contributed by atoms with Crippen molar-refractivity contribution in [1.29, 1.82) is 0 Å². The Morgan fingerprint density at radius 3 is 2.54 bits per heavy atom. The lowest BCUT2D eigenvalue weighted by Crippen LogP contribution is -2.39. The van der Waals surface area contributed by atoms with Gasteiger partial charge in [-0.3, -0.25) is 9.59 Å².